The third-order valence-electron chi connectivity index (χ3n) is 6.01. The van der Waals surface area contributed by atoms with Gasteiger partial charge >= 0.3 is 0 Å². The summed E-state index contributed by atoms with van der Waals surface area (Å²) in [4.78, 5) is 19.5. The number of nitrogens with two attached hydrogens (primary N) is 1. The van der Waals surface area contributed by atoms with E-state index in [2.05, 4.69) is 19.9 Å². The summed E-state index contributed by atoms with van der Waals surface area (Å²) in [6, 6.07) is 8.05. The van der Waals surface area contributed by atoms with Crippen molar-refractivity contribution in [3.8, 4) is 0 Å². The number of aryl methyl sites for hydroxylation is 2. The van der Waals surface area contributed by atoms with Crippen molar-refractivity contribution in [2.24, 2.45) is 11.1 Å². The van der Waals surface area contributed by atoms with Crippen LogP contribution in [0.5, 0.6) is 0 Å². The number of aromatic nitrogens is 3. The van der Waals surface area contributed by atoms with E-state index in [1.165, 1.54) is 0 Å². The van der Waals surface area contributed by atoms with Gasteiger partial charge in [-0.05, 0) is 56.3 Å². The van der Waals surface area contributed by atoms with Crippen LogP contribution in [-0.4, -0.2) is 45.0 Å². The zero-order chi connectivity index (χ0) is 19.2. The molecule has 1 fully saturated rings. The van der Waals surface area contributed by atoms with E-state index < -0.39 is 0 Å². The molecule has 0 aliphatic carbocycles. The van der Waals surface area contributed by atoms with Gasteiger partial charge in [0.1, 0.15) is 0 Å². The smallest absolute Gasteiger partial charge is 0.222 e. The third kappa shape index (κ3) is 3.47. The molecule has 3 aromatic rings. The summed E-state index contributed by atoms with van der Waals surface area (Å²) in [5.41, 5.74) is 10.9. The average Bonchev–Trinajstić information content (AvgIpc) is 3.23. The van der Waals surface area contributed by atoms with E-state index in [1.807, 2.05) is 34.5 Å². The zero-order valence-electron chi connectivity index (χ0n) is 16.7. The summed E-state index contributed by atoms with van der Waals surface area (Å²) in [5.74, 6) is 0.205. The Morgan fingerprint density at radius 2 is 2.04 bits per heavy atom. The largest absolute Gasteiger partial charge is 0.342 e. The SMILES string of the molecule is Cc1nc2c3ccccc3nn2c(C)c1CCC(=O)N1CCC(C)(CN)C1.Cl. The van der Waals surface area contributed by atoms with Gasteiger partial charge in [0.2, 0.25) is 5.91 Å². The molecule has 2 N–H and O–H groups in total. The van der Waals surface area contributed by atoms with Crippen LogP contribution in [0.3, 0.4) is 0 Å². The molecule has 1 aromatic carbocycles. The minimum absolute atomic E-state index is 0. The van der Waals surface area contributed by atoms with E-state index in [0.717, 1.165) is 53.0 Å². The van der Waals surface area contributed by atoms with Gasteiger partial charge in [-0.15, -0.1) is 12.4 Å². The first kappa shape index (κ1) is 20.6. The Bertz CT molecular complexity index is 1030. The van der Waals surface area contributed by atoms with E-state index in [0.29, 0.717) is 19.4 Å². The van der Waals surface area contributed by atoms with E-state index in [1.54, 1.807) is 0 Å². The number of hydrogen-bond donors (Lipinski definition) is 1. The van der Waals surface area contributed by atoms with Crippen molar-refractivity contribution in [1.29, 1.82) is 0 Å². The summed E-state index contributed by atoms with van der Waals surface area (Å²) >= 11 is 0. The molecule has 0 bridgehead atoms. The molecule has 150 valence electrons. The maximum Gasteiger partial charge on any atom is 0.222 e. The maximum absolute atomic E-state index is 12.7. The number of benzene rings is 1. The summed E-state index contributed by atoms with van der Waals surface area (Å²) in [6.07, 6.45) is 2.17. The second kappa shape index (κ2) is 7.68. The van der Waals surface area contributed by atoms with Crippen LogP contribution in [0.1, 0.15) is 36.7 Å². The van der Waals surface area contributed by atoms with Gasteiger partial charge < -0.3 is 10.6 Å². The van der Waals surface area contributed by atoms with Gasteiger partial charge in [0.25, 0.3) is 0 Å². The normalized spacial score (nSPS) is 19.4. The molecular formula is C21H28ClN5O. The molecule has 0 spiro atoms. The molecule has 28 heavy (non-hydrogen) atoms. The zero-order valence-corrected chi connectivity index (χ0v) is 17.6. The lowest BCUT2D eigenvalue weighted by atomic mass is 9.90. The first-order chi connectivity index (χ1) is 12.9. The van der Waals surface area contributed by atoms with Gasteiger partial charge in [-0.3, -0.25) is 4.79 Å². The van der Waals surface area contributed by atoms with Crippen LogP contribution in [0.25, 0.3) is 16.6 Å². The Balaban J connectivity index is 0.00000225. The van der Waals surface area contributed by atoms with Gasteiger partial charge in [-0.2, -0.15) is 5.10 Å². The van der Waals surface area contributed by atoms with Crippen molar-refractivity contribution < 1.29 is 4.79 Å². The second-order valence-electron chi connectivity index (χ2n) is 8.09. The highest BCUT2D eigenvalue weighted by molar-refractivity contribution is 5.92. The van der Waals surface area contributed by atoms with Gasteiger partial charge in [0.15, 0.2) is 5.65 Å². The third-order valence-corrected chi connectivity index (χ3v) is 6.01. The van der Waals surface area contributed by atoms with Crippen LogP contribution in [0, 0.1) is 19.3 Å². The fraction of sp³-hybridized carbons (Fsp3) is 0.476. The van der Waals surface area contributed by atoms with Gasteiger partial charge in [0.05, 0.1) is 5.52 Å². The molecule has 7 heteroatoms. The topological polar surface area (TPSA) is 76.5 Å². The number of likely N-dealkylation sites (tertiary alicyclic amines) is 1. The predicted octanol–water partition coefficient (Wildman–Crippen LogP) is 3.05. The number of fused-ring (bicyclic) bond motifs is 3. The van der Waals surface area contributed by atoms with Crippen molar-refractivity contribution in [2.75, 3.05) is 19.6 Å². The molecule has 0 saturated carbocycles. The van der Waals surface area contributed by atoms with E-state index in [4.69, 9.17) is 15.8 Å². The molecule has 1 amide bonds. The highest BCUT2D eigenvalue weighted by Gasteiger charge is 2.34. The fourth-order valence-electron chi connectivity index (χ4n) is 4.13. The Kier molecular flexibility index (Phi) is 5.64. The molecule has 1 unspecified atom stereocenters. The highest BCUT2D eigenvalue weighted by atomic mass is 35.5. The molecule has 1 aliphatic heterocycles. The quantitative estimate of drug-likeness (QED) is 0.728. The minimum Gasteiger partial charge on any atom is -0.342 e. The summed E-state index contributed by atoms with van der Waals surface area (Å²) < 4.78 is 1.92. The molecule has 3 heterocycles. The number of rotatable bonds is 4. The minimum atomic E-state index is 0. The lowest BCUT2D eigenvalue weighted by Gasteiger charge is -2.22. The van der Waals surface area contributed by atoms with Crippen LogP contribution >= 0.6 is 12.4 Å². The van der Waals surface area contributed by atoms with Crippen LogP contribution in [0.2, 0.25) is 0 Å². The number of carbonyl (C=O) groups excluding carboxylic acids is 1. The maximum atomic E-state index is 12.7. The van der Waals surface area contributed by atoms with Crippen LogP contribution in [-0.2, 0) is 11.2 Å². The van der Waals surface area contributed by atoms with E-state index in [-0.39, 0.29) is 23.7 Å². The van der Waals surface area contributed by atoms with Crippen molar-refractivity contribution >= 4 is 34.9 Å². The Labute approximate surface area is 171 Å². The van der Waals surface area contributed by atoms with E-state index >= 15 is 0 Å². The summed E-state index contributed by atoms with van der Waals surface area (Å²) in [5, 5.41) is 5.76. The fourth-order valence-corrected chi connectivity index (χ4v) is 4.13. The van der Waals surface area contributed by atoms with Crippen molar-refractivity contribution in [3.05, 3.63) is 41.2 Å². The van der Waals surface area contributed by atoms with Crippen LogP contribution in [0.4, 0.5) is 0 Å². The molecule has 1 aliphatic rings. The van der Waals surface area contributed by atoms with Gasteiger partial charge in [-0.1, -0.05) is 19.1 Å². The summed E-state index contributed by atoms with van der Waals surface area (Å²) in [6.45, 7) is 8.45. The molecule has 4 rings (SSSR count). The van der Waals surface area contributed by atoms with E-state index in [9.17, 15) is 4.79 Å². The number of amides is 1. The number of halogens is 1. The Morgan fingerprint density at radius 1 is 1.29 bits per heavy atom. The summed E-state index contributed by atoms with van der Waals surface area (Å²) in [7, 11) is 0. The molecule has 1 atom stereocenters. The molecule has 1 saturated heterocycles. The highest BCUT2D eigenvalue weighted by Crippen LogP contribution is 2.29. The molecular weight excluding hydrogens is 374 g/mol. The molecule has 0 radical (unpaired) electrons. The standard InChI is InChI=1S/C21H27N5O.ClH/c1-14-16(8-9-19(27)25-11-10-21(3,12-22)13-25)15(2)26-20(23-14)17-6-4-5-7-18(17)24-26;/h4-7H,8-13,22H2,1-3H3;1H. The lowest BCUT2D eigenvalue weighted by Crippen LogP contribution is -2.34. The van der Waals surface area contributed by atoms with Crippen LogP contribution in [0.15, 0.2) is 24.3 Å². The van der Waals surface area contributed by atoms with Crippen molar-refractivity contribution in [3.63, 3.8) is 0 Å². The average molecular weight is 402 g/mol. The van der Waals surface area contributed by atoms with Crippen molar-refractivity contribution in [2.45, 2.75) is 40.0 Å². The van der Waals surface area contributed by atoms with Crippen LogP contribution < -0.4 is 5.73 Å². The lowest BCUT2D eigenvalue weighted by molar-refractivity contribution is -0.130. The molecule has 6 nitrogen and oxygen atoms in total. The Morgan fingerprint density at radius 3 is 2.75 bits per heavy atom. The Hall–Kier alpha value is -2.18. The predicted molar refractivity (Wildman–Crippen MR) is 114 cm³/mol. The molecule has 2 aromatic heterocycles. The monoisotopic (exact) mass is 401 g/mol. The van der Waals surface area contributed by atoms with Gasteiger partial charge in [0, 0.05) is 36.3 Å². The second-order valence-corrected chi connectivity index (χ2v) is 8.09. The number of carbonyl (C=O) groups is 1. The first-order valence-corrected chi connectivity index (χ1v) is 9.63. The van der Waals surface area contributed by atoms with Gasteiger partial charge in [-0.25, -0.2) is 9.50 Å². The number of nitrogens with zero attached hydrogens (tertiary/aromatic N) is 4. The number of hydrogen-bond acceptors (Lipinski definition) is 4. The first-order valence-electron chi connectivity index (χ1n) is 9.63. The van der Waals surface area contributed by atoms with Crippen molar-refractivity contribution in [1.82, 2.24) is 19.5 Å².